The van der Waals surface area contributed by atoms with Crippen molar-refractivity contribution in [3.05, 3.63) is 53.1 Å². The molecule has 25 heavy (non-hydrogen) atoms. The Morgan fingerprint density at radius 3 is 2.56 bits per heavy atom. The average molecular weight is 383 g/mol. The first-order valence-corrected chi connectivity index (χ1v) is 9.43. The van der Waals surface area contributed by atoms with Crippen molar-refractivity contribution in [3.63, 3.8) is 0 Å². The first-order chi connectivity index (χ1) is 12.0. The number of rotatable bonds is 8. The molecule has 0 atom stereocenters. The maximum atomic E-state index is 12.3. The van der Waals surface area contributed by atoms with Crippen LogP contribution in [-0.4, -0.2) is 28.3 Å². The second kappa shape index (κ2) is 8.73. The SMILES string of the molecule is CCCOc1ccc(/C=N/NS(=O)(=O)c2cc(Cl)ccc2OC)cc1. The van der Waals surface area contributed by atoms with Gasteiger partial charge >= 0.3 is 0 Å². The third-order valence-corrected chi connectivity index (χ3v) is 4.63. The molecule has 0 aromatic heterocycles. The molecule has 0 spiro atoms. The number of nitrogens with one attached hydrogen (secondary N) is 1. The molecule has 2 aromatic rings. The van der Waals surface area contributed by atoms with Gasteiger partial charge in [0, 0.05) is 5.02 Å². The number of sulfonamides is 1. The van der Waals surface area contributed by atoms with E-state index >= 15 is 0 Å². The number of benzene rings is 2. The molecule has 134 valence electrons. The average Bonchev–Trinajstić information content (AvgIpc) is 2.61. The number of hydrogen-bond acceptors (Lipinski definition) is 5. The van der Waals surface area contributed by atoms with Crippen molar-refractivity contribution < 1.29 is 17.9 Å². The molecular weight excluding hydrogens is 364 g/mol. The Hall–Kier alpha value is -2.25. The number of ether oxygens (including phenoxy) is 2. The highest BCUT2D eigenvalue weighted by Crippen LogP contribution is 2.26. The van der Waals surface area contributed by atoms with E-state index in [0.29, 0.717) is 6.61 Å². The lowest BCUT2D eigenvalue weighted by molar-refractivity contribution is 0.317. The van der Waals surface area contributed by atoms with Crippen LogP contribution in [0.4, 0.5) is 0 Å². The highest BCUT2D eigenvalue weighted by atomic mass is 35.5. The second-order valence-corrected chi connectivity index (χ2v) is 7.13. The van der Waals surface area contributed by atoms with E-state index in [2.05, 4.69) is 9.93 Å². The molecule has 6 nitrogen and oxygen atoms in total. The van der Waals surface area contributed by atoms with Crippen LogP contribution >= 0.6 is 11.6 Å². The van der Waals surface area contributed by atoms with Gasteiger partial charge in [0.25, 0.3) is 10.0 Å². The minimum Gasteiger partial charge on any atom is -0.495 e. The van der Waals surface area contributed by atoms with Crippen molar-refractivity contribution in [2.24, 2.45) is 5.10 Å². The molecule has 0 saturated heterocycles. The zero-order valence-electron chi connectivity index (χ0n) is 13.9. The fourth-order valence-corrected chi connectivity index (χ4v) is 3.17. The van der Waals surface area contributed by atoms with Crippen LogP contribution < -0.4 is 14.3 Å². The van der Waals surface area contributed by atoms with Gasteiger partial charge in [-0.25, -0.2) is 0 Å². The Morgan fingerprint density at radius 2 is 1.92 bits per heavy atom. The van der Waals surface area contributed by atoms with Gasteiger partial charge in [-0.15, -0.1) is 0 Å². The van der Waals surface area contributed by atoms with E-state index in [1.165, 1.54) is 25.5 Å². The number of methoxy groups -OCH3 is 1. The number of hydrazone groups is 1. The summed E-state index contributed by atoms with van der Waals surface area (Å²) >= 11 is 5.86. The molecule has 0 aliphatic carbocycles. The molecule has 0 fully saturated rings. The maximum absolute atomic E-state index is 12.3. The van der Waals surface area contributed by atoms with Crippen molar-refractivity contribution in [1.82, 2.24) is 4.83 Å². The summed E-state index contributed by atoms with van der Waals surface area (Å²) in [6.07, 6.45) is 2.33. The first kappa shape index (κ1) is 19.1. The molecule has 8 heteroatoms. The summed E-state index contributed by atoms with van der Waals surface area (Å²) in [5, 5.41) is 4.07. The molecule has 0 bridgehead atoms. The Morgan fingerprint density at radius 1 is 1.20 bits per heavy atom. The summed E-state index contributed by atoms with van der Waals surface area (Å²) in [5.41, 5.74) is 0.726. The normalized spacial score (nSPS) is 11.5. The Labute approximate surface area is 152 Å². The molecule has 2 rings (SSSR count). The van der Waals surface area contributed by atoms with Crippen LogP contribution in [0.15, 0.2) is 52.5 Å². The highest BCUT2D eigenvalue weighted by Gasteiger charge is 2.19. The molecule has 0 heterocycles. The van der Waals surface area contributed by atoms with Crippen LogP contribution in [0, 0.1) is 0 Å². The standard InChI is InChI=1S/C17H19ClN2O4S/c1-3-10-24-15-7-4-13(5-8-15)12-19-20-25(21,22)17-11-14(18)6-9-16(17)23-2/h4-9,11-12,20H,3,10H2,1-2H3/b19-12+. The lowest BCUT2D eigenvalue weighted by Gasteiger charge is -2.09. The van der Waals surface area contributed by atoms with Gasteiger partial charge in [0.2, 0.25) is 0 Å². The van der Waals surface area contributed by atoms with E-state index < -0.39 is 10.0 Å². The number of nitrogens with zero attached hydrogens (tertiary/aromatic N) is 1. The van der Waals surface area contributed by atoms with Gasteiger partial charge in [0.1, 0.15) is 16.4 Å². The third-order valence-electron chi connectivity index (χ3n) is 3.15. The fraction of sp³-hybridized carbons (Fsp3) is 0.235. The first-order valence-electron chi connectivity index (χ1n) is 7.57. The van der Waals surface area contributed by atoms with E-state index in [1.807, 2.05) is 6.92 Å². The van der Waals surface area contributed by atoms with Gasteiger partial charge in [-0.05, 0) is 54.4 Å². The van der Waals surface area contributed by atoms with Crippen LogP contribution in [-0.2, 0) is 10.0 Å². The van der Waals surface area contributed by atoms with Gasteiger partial charge in [0.15, 0.2) is 0 Å². The zero-order chi connectivity index (χ0) is 18.3. The Kier molecular flexibility index (Phi) is 6.66. The number of hydrogen-bond donors (Lipinski definition) is 1. The third kappa shape index (κ3) is 5.37. The molecule has 1 N–H and O–H groups in total. The summed E-state index contributed by atoms with van der Waals surface area (Å²) < 4.78 is 35.2. The van der Waals surface area contributed by atoms with Crippen molar-refractivity contribution >= 4 is 27.8 Å². The van der Waals surface area contributed by atoms with Gasteiger partial charge in [-0.1, -0.05) is 18.5 Å². The van der Waals surface area contributed by atoms with E-state index in [4.69, 9.17) is 21.1 Å². The fourth-order valence-electron chi connectivity index (χ4n) is 1.95. The lowest BCUT2D eigenvalue weighted by Crippen LogP contribution is -2.19. The molecule has 0 radical (unpaired) electrons. The maximum Gasteiger partial charge on any atom is 0.280 e. The Bertz CT molecular complexity index is 836. The monoisotopic (exact) mass is 382 g/mol. The zero-order valence-corrected chi connectivity index (χ0v) is 15.5. The van der Waals surface area contributed by atoms with Crippen molar-refractivity contribution in [1.29, 1.82) is 0 Å². The summed E-state index contributed by atoms with van der Waals surface area (Å²) in [7, 11) is -2.52. The van der Waals surface area contributed by atoms with E-state index in [9.17, 15) is 8.42 Å². The minimum absolute atomic E-state index is 0.0806. The Balaban J connectivity index is 2.09. The van der Waals surface area contributed by atoms with Crippen molar-refractivity contribution in [3.8, 4) is 11.5 Å². The molecule has 0 saturated carbocycles. The molecule has 0 aliphatic rings. The quantitative estimate of drug-likeness (QED) is 0.560. The summed E-state index contributed by atoms with van der Waals surface area (Å²) in [6, 6.07) is 11.5. The molecule has 0 aliphatic heterocycles. The van der Waals surface area contributed by atoms with E-state index in [1.54, 1.807) is 30.3 Å². The largest absolute Gasteiger partial charge is 0.495 e. The molecule has 2 aromatic carbocycles. The van der Waals surface area contributed by atoms with E-state index in [-0.39, 0.29) is 15.7 Å². The smallest absolute Gasteiger partial charge is 0.280 e. The predicted molar refractivity (Wildman–Crippen MR) is 98.1 cm³/mol. The summed E-state index contributed by atoms with van der Waals surface area (Å²) in [5.74, 6) is 0.938. The van der Waals surface area contributed by atoms with Crippen LogP contribution in [0.5, 0.6) is 11.5 Å². The highest BCUT2D eigenvalue weighted by molar-refractivity contribution is 7.89. The molecule has 0 amide bonds. The van der Waals surface area contributed by atoms with Crippen LogP contribution in [0.2, 0.25) is 5.02 Å². The van der Waals surface area contributed by atoms with Crippen molar-refractivity contribution in [2.45, 2.75) is 18.2 Å². The predicted octanol–water partition coefficient (Wildman–Crippen LogP) is 3.45. The van der Waals surface area contributed by atoms with Crippen LogP contribution in [0.3, 0.4) is 0 Å². The minimum atomic E-state index is -3.90. The van der Waals surface area contributed by atoms with Gasteiger partial charge in [0.05, 0.1) is 19.9 Å². The topological polar surface area (TPSA) is 77.0 Å². The van der Waals surface area contributed by atoms with Crippen LogP contribution in [0.1, 0.15) is 18.9 Å². The van der Waals surface area contributed by atoms with Gasteiger partial charge < -0.3 is 9.47 Å². The van der Waals surface area contributed by atoms with Gasteiger partial charge in [-0.2, -0.15) is 18.4 Å². The second-order valence-electron chi connectivity index (χ2n) is 5.07. The lowest BCUT2D eigenvalue weighted by atomic mass is 10.2. The van der Waals surface area contributed by atoms with Crippen LogP contribution in [0.25, 0.3) is 0 Å². The summed E-state index contributed by atoms with van der Waals surface area (Å²) in [6.45, 7) is 2.68. The molecular formula is C17H19ClN2O4S. The number of halogens is 1. The van der Waals surface area contributed by atoms with Gasteiger partial charge in [-0.3, -0.25) is 0 Å². The van der Waals surface area contributed by atoms with Crippen molar-refractivity contribution in [2.75, 3.05) is 13.7 Å². The molecule has 0 unspecified atom stereocenters. The summed E-state index contributed by atoms with van der Waals surface area (Å²) in [4.78, 5) is 2.07. The van der Waals surface area contributed by atoms with E-state index in [0.717, 1.165) is 17.7 Å².